The highest BCUT2D eigenvalue weighted by Gasteiger charge is 2.16. The molecule has 0 atom stereocenters. The van der Waals surface area contributed by atoms with Gasteiger partial charge in [0.15, 0.2) is 23.0 Å². The molecule has 1 amide bonds. The van der Waals surface area contributed by atoms with Crippen LogP contribution in [0, 0.1) is 0 Å². The molecule has 0 bridgehead atoms. The average molecular weight is 359 g/mol. The van der Waals surface area contributed by atoms with Crippen LogP contribution in [0.3, 0.4) is 0 Å². The Morgan fingerprint density at radius 1 is 1.00 bits per heavy atom. The minimum Gasteiger partial charge on any atom is -0.493 e. The number of carbonyl (C=O) groups is 1. The second-order valence-electron chi connectivity index (χ2n) is 5.61. The van der Waals surface area contributed by atoms with E-state index in [1.54, 1.807) is 39.5 Å². The molecule has 1 aliphatic heterocycles. The highest BCUT2D eigenvalue weighted by atomic mass is 16.7. The highest BCUT2D eigenvalue weighted by molar-refractivity contribution is 5.94. The van der Waals surface area contributed by atoms with E-state index in [1.807, 2.05) is 12.1 Å². The van der Waals surface area contributed by atoms with Gasteiger partial charge in [-0.2, -0.15) is 0 Å². The minimum absolute atomic E-state index is 0.171. The molecule has 26 heavy (non-hydrogen) atoms. The van der Waals surface area contributed by atoms with E-state index in [1.165, 1.54) is 0 Å². The molecule has 3 rings (SSSR count). The molecule has 0 spiro atoms. The van der Waals surface area contributed by atoms with E-state index in [0.717, 1.165) is 5.56 Å². The van der Waals surface area contributed by atoms with Crippen LogP contribution < -0.4 is 29.0 Å². The highest BCUT2D eigenvalue weighted by Crippen LogP contribution is 2.38. The molecule has 0 radical (unpaired) electrons. The zero-order chi connectivity index (χ0) is 18.5. The van der Waals surface area contributed by atoms with Crippen molar-refractivity contribution >= 4 is 5.91 Å². The quantitative estimate of drug-likeness (QED) is 0.818. The Kier molecular flexibility index (Phi) is 5.36. The second-order valence-corrected chi connectivity index (χ2v) is 5.61. The summed E-state index contributed by atoms with van der Waals surface area (Å²) in [4.78, 5) is 12.3. The van der Waals surface area contributed by atoms with Crippen LogP contribution in [0.4, 0.5) is 0 Å². The first-order valence-electron chi connectivity index (χ1n) is 8.13. The molecule has 1 aliphatic rings. The summed E-state index contributed by atoms with van der Waals surface area (Å²) < 4.78 is 26.5. The SMILES string of the molecule is COc1cc(CCNC(=O)c2ccc3c(c2)OCO3)cc(OC)c1OC. The fourth-order valence-electron chi connectivity index (χ4n) is 2.74. The molecule has 0 unspecified atom stereocenters. The largest absolute Gasteiger partial charge is 0.493 e. The maximum atomic E-state index is 12.3. The van der Waals surface area contributed by atoms with Crippen LogP contribution in [0.25, 0.3) is 0 Å². The Balaban J connectivity index is 1.63. The van der Waals surface area contributed by atoms with Crippen molar-refractivity contribution in [2.24, 2.45) is 0 Å². The second kappa shape index (κ2) is 7.86. The number of carbonyl (C=O) groups excluding carboxylic acids is 1. The molecule has 7 nitrogen and oxygen atoms in total. The van der Waals surface area contributed by atoms with E-state index in [2.05, 4.69) is 5.32 Å². The first-order valence-corrected chi connectivity index (χ1v) is 8.13. The number of fused-ring (bicyclic) bond motifs is 1. The molecule has 2 aromatic carbocycles. The molecule has 0 aromatic heterocycles. The normalized spacial score (nSPS) is 11.8. The van der Waals surface area contributed by atoms with Crippen LogP contribution in [-0.2, 0) is 6.42 Å². The molecule has 7 heteroatoms. The molecular weight excluding hydrogens is 338 g/mol. The van der Waals surface area contributed by atoms with Gasteiger partial charge in [0, 0.05) is 12.1 Å². The fourth-order valence-corrected chi connectivity index (χ4v) is 2.74. The van der Waals surface area contributed by atoms with E-state index >= 15 is 0 Å². The van der Waals surface area contributed by atoms with Crippen molar-refractivity contribution in [1.29, 1.82) is 0 Å². The van der Waals surface area contributed by atoms with E-state index in [9.17, 15) is 4.79 Å². The smallest absolute Gasteiger partial charge is 0.251 e. The van der Waals surface area contributed by atoms with E-state index in [-0.39, 0.29) is 12.7 Å². The maximum absolute atomic E-state index is 12.3. The van der Waals surface area contributed by atoms with Crippen molar-refractivity contribution in [3.63, 3.8) is 0 Å². The summed E-state index contributed by atoms with van der Waals surface area (Å²) in [5, 5.41) is 2.89. The molecular formula is C19H21NO6. The topological polar surface area (TPSA) is 75.3 Å². The Bertz CT molecular complexity index is 780. The Labute approximate surface area is 151 Å². The van der Waals surface area contributed by atoms with Crippen molar-refractivity contribution in [3.05, 3.63) is 41.5 Å². The van der Waals surface area contributed by atoms with Gasteiger partial charge in [0.1, 0.15) is 0 Å². The van der Waals surface area contributed by atoms with Crippen molar-refractivity contribution in [1.82, 2.24) is 5.32 Å². The maximum Gasteiger partial charge on any atom is 0.251 e. The molecule has 1 heterocycles. The van der Waals surface area contributed by atoms with Crippen LogP contribution in [0.2, 0.25) is 0 Å². The number of hydrogen-bond donors (Lipinski definition) is 1. The number of benzene rings is 2. The van der Waals surface area contributed by atoms with E-state index in [0.29, 0.717) is 47.3 Å². The van der Waals surface area contributed by atoms with Gasteiger partial charge in [0.2, 0.25) is 12.5 Å². The van der Waals surface area contributed by atoms with Gasteiger partial charge in [-0.25, -0.2) is 0 Å². The molecule has 138 valence electrons. The van der Waals surface area contributed by atoms with E-state index < -0.39 is 0 Å². The zero-order valence-electron chi connectivity index (χ0n) is 15.0. The van der Waals surface area contributed by atoms with Gasteiger partial charge in [0.05, 0.1) is 21.3 Å². The molecule has 0 saturated carbocycles. The predicted molar refractivity (Wildman–Crippen MR) is 94.7 cm³/mol. The molecule has 0 fully saturated rings. The summed E-state index contributed by atoms with van der Waals surface area (Å²) in [7, 11) is 4.70. The summed E-state index contributed by atoms with van der Waals surface area (Å²) in [6.07, 6.45) is 0.618. The van der Waals surface area contributed by atoms with E-state index in [4.69, 9.17) is 23.7 Å². The average Bonchev–Trinajstić information content (AvgIpc) is 3.14. The summed E-state index contributed by atoms with van der Waals surface area (Å²) in [6.45, 7) is 0.646. The lowest BCUT2D eigenvalue weighted by Crippen LogP contribution is -2.25. The van der Waals surface area contributed by atoms with Gasteiger partial charge in [-0.15, -0.1) is 0 Å². The van der Waals surface area contributed by atoms with Crippen LogP contribution in [0.5, 0.6) is 28.7 Å². The van der Waals surface area contributed by atoms with Gasteiger partial charge >= 0.3 is 0 Å². The van der Waals surface area contributed by atoms with Gasteiger partial charge in [-0.05, 0) is 42.3 Å². The third-order valence-corrected chi connectivity index (χ3v) is 4.06. The lowest BCUT2D eigenvalue weighted by Gasteiger charge is -2.14. The number of ether oxygens (including phenoxy) is 5. The first kappa shape index (κ1) is 17.7. The molecule has 1 N–H and O–H groups in total. The lowest BCUT2D eigenvalue weighted by molar-refractivity contribution is 0.0953. The third kappa shape index (κ3) is 3.61. The van der Waals surface area contributed by atoms with Gasteiger partial charge in [-0.1, -0.05) is 0 Å². The van der Waals surface area contributed by atoms with Gasteiger partial charge in [0.25, 0.3) is 5.91 Å². The number of rotatable bonds is 7. The van der Waals surface area contributed by atoms with Crippen LogP contribution in [0.1, 0.15) is 15.9 Å². The van der Waals surface area contributed by atoms with Crippen molar-refractivity contribution in [3.8, 4) is 28.7 Å². The Morgan fingerprint density at radius 2 is 1.69 bits per heavy atom. The minimum atomic E-state index is -0.171. The van der Waals surface area contributed by atoms with Crippen molar-refractivity contribution in [2.45, 2.75) is 6.42 Å². The predicted octanol–water partition coefficient (Wildman–Crippen LogP) is 2.41. The van der Waals surface area contributed by atoms with Crippen molar-refractivity contribution < 1.29 is 28.5 Å². The zero-order valence-corrected chi connectivity index (χ0v) is 15.0. The van der Waals surface area contributed by atoms with Crippen LogP contribution in [0.15, 0.2) is 30.3 Å². The van der Waals surface area contributed by atoms with Crippen LogP contribution in [-0.4, -0.2) is 40.6 Å². The van der Waals surface area contributed by atoms with Crippen molar-refractivity contribution in [2.75, 3.05) is 34.7 Å². The Hall–Kier alpha value is -3.09. The third-order valence-electron chi connectivity index (χ3n) is 4.06. The summed E-state index contributed by atoms with van der Waals surface area (Å²) in [5.41, 5.74) is 1.49. The fraction of sp³-hybridized carbons (Fsp3) is 0.316. The Morgan fingerprint density at radius 3 is 2.35 bits per heavy atom. The monoisotopic (exact) mass is 359 g/mol. The summed E-state index contributed by atoms with van der Waals surface area (Å²) in [5.74, 6) is 2.79. The van der Waals surface area contributed by atoms with Crippen LogP contribution >= 0.6 is 0 Å². The summed E-state index contributed by atoms with van der Waals surface area (Å²) >= 11 is 0. The lowest BCUT2D eigenvalue weighted by atomic mass is 10.1. The van der Waals surface area contributed by atoms with Gasteiger partial charge < -0.3 is 29.0 Å². The number of amides is 1. The number of nitrogens with one attached hydrogen (secondary N) is 1. The van der Waals surface area contributed by atoms with Gasteiger partial charge in [-0.3, -0.25) is 4.79 Å². The molecule has 2 aromatic rings. The molecule has 0 aliphatic carbocycles. The summed E-state index contributed by atoms with van der Waals surface area (Å²) in [6, 6.07) is 8.86. The molecule has 0 saturated heterocycles. The standard InChI is InChI=1S/C19H21NO6/c1-22-16-8-12(9-17(23-2)18(16)24-3)6-7-20-19(21)13-4-5-14-15(10-13)26-11-25-14/h4-5,8-10H,6-7,11H2,1-3H3,(H,20,21). The number of methoxy groups -OCH3 is 3. The first-order chi connectivity index (χ1) is 12.7. The number of hydrogen-bond acceptors (Lipinski definition) is 6.